The predicted octanol–water partition coefficient (Wildman–Crippen LogP) is 2.48. The van der Waals surface area contributed by atoms with E-state index in [0.717, 1.165) is 17.0 Å². The molecule has 3 aromatic rings. The molecule has 0 bridgehead atoms. The number of nitrogens with one attached hydrogen (secondary N) is 1. The Morgan fingerprint density at radius 2 is 1.94 bits per heavy atom. The van der Waals surface area contributed by atoms with Crippen LogP contribution in [0, 0.1) is 5.82 Å². The first kappa shape index (κ1) is 10.7. The van der Waals surface area contributed by atoms with Gasteiger partial charge in [-0.15, -0.1) is 0 Å². The molecule has 0 amide bonds. The zero-order chi connectivity index (χ0) is 12.4. The molecule has 1 N–H and O–H groups in total. The summed E-state index contributed by atoms with van der Waals surface area (Å²) in [7, 11) is 0. The van der Waals surface area contributed by atoms with Crippen molar-refractivity contribution in [2.75, 3.05) is 5.32 Å². The molecule has 0 aliphatic heterocycles. The smallest absolute Gasteiger partial charge is 0.157 e. The molecule has 0 spiro atoms. The Morgan fingerprint density at radius 1 is 1.11 bits per heavy atom. The maximum atomic E-state index is 12.7. The zero-order valence-electron chi connectivity index (χ0n) is 9.55. The molecule has 0 saturated heterocycles. The van der Waals surface area contributed by atoms with Crippen molar-refractivity contribution in [2.24, 2.45) is 0 Å². The lowest BCUT2D eigenvalue weighted by atomic mass is 10.2. The molecule has 2 aromatic heterocycles. The molecule has 0 unspecified atom stereocenters. The van der Waals surface area contributed by atoms with Gasteiger partial charge in [-0.25, -0.2) is 13.9 Å². The number of nitrogens with zero attached hydrogens (tertiary/aromatic N) is 3. The molecule has 4 nitrogen and oxygen atoms in total. The van der Waals surface area contributed by atoms with E-state index in [1.807, 2.05) is 18.3 Å². The molecule has 0 fully saturated rings. The molecule has 18 heavy (non-hydrogen) atoms. The van der Waals surface area contributed by atoms with Crippen LogP contribution in [0.25, 0.3) is 5.65 Å². The van der Waals surface area contributed by atoms with E-state index in [9.17, 15) is 4.39 Å². The van der Waals surface area contributed by atoms with Crippen molar-refractivity contribution in [1.29, 1.82) is 0 Å². The van der Waals surface area contributed by atoms with Gasteiger partial charge in [-0.1, -0.05) is 12.1 Å². The summed E-state index contributed by atoms with van der Waals surface area (Å²) in [5.41, 5.74) is 1.80. The highest BCUT2D eigenvalue weighted by atomic mass is 19.1. The van der Waals surface area contributed by atoms with Crippen molar-refractivity contribution in [3.05, 3.63) is 60.2 Å². The number of hydrogen-bond donors (Lipinski definition) is 1. The average molecular weight is 242 g/mol. The predicted molar refractivity (Wildman–Crippen MR) is 66.7 cm³/mol. The van der Waals surface area contributed by atoms with Crippen LogP contribution in [0.3, 0.4) is 0 Å². The van der Waals surface area contributed by atoms with Gasteiger partial charge in [0.2, 0.25) is 0 Å². The SMILES string of the molecule is Fc1ccc(CNc2ccn3nccc3n2)cc1. The van der Waals surface area contributed by atoms with E-state index in [1.54, 1.807) is 22.8 Å². The second kappa shape index (κ2) is 4.44. The number of rotatable bonds is 3. The lowest BCUT2D eigenvalue weighted by molar-refractivity contribution is 0.627. The van der Waals surface area contributed by atoms with Crippen molar-refractivity contribution < 1.29 is 4.39 Å². The molecular weight excluding hydrogens is 231 g/mol. The van der Waals surface area contributed by atoms with E-state index in [4.69, 9.17) is 0 Å². The van der Waals surface area contributed by atoms with Crippen LogP contribution < -0.4 is 5.32 Å². The number of benzene rings is 1. The number of fused-ring (bicyclic) bond motifs is 1. The average Bonchev–Trinajstić information content (AvgIpc) is 2.85. The minimum absolute atomic E-state index is 0.224. The first-order chi connectivity index (χ1) is 8.81. The number of halogens is 1. The first-order valence-corrected chi connectivity index (χ1v) is 5.60. The van der Waals surface area contributed by atoms with Crippen LogP contribution in [0.15, 0.2) is 48.8 Å². The van der Waals surface area contributed by atoms with Gasteiger partial charge in [-0.3, -0.25) is 0 Å². The molecule has 0 saturated carbocycles. The third kappa shape index (κ3) is 2.15. The monoisotopic (exact) mass is 242 g/mol. The molecule has 5 heteroatoms. The molecule has 0 aliphatic rings. The van der Waals surface area contributed by atoms with Gasteiger partial charge in [0.05, 0.1) is 6.20 Å². The second-order valence-electron chi connectivity index (χ2n) is 3.93. The van der Waals surface area contributed by atoms with Crippen LogP contribution in [0.1, 0.15) is 5.56 Å². The number of anilines is 1. The van der Waals surface area contributed by atoms with Gasteiger partial charge in [0.1, 0.15) is 11.6 Å². The molecule has 1 aromatic carbocycles. The van der Waals surface area contributed by atoms with Crippen LogP contribution in [-0.4, -0.2) is 14.6 Å². The minimum Gasteiger partial charge on any atom is -0.366 e. The third-order valence-corrected chi connectivity index (χ3v) is 2.64. The van der Waals surface area contributed by atoms with Crippen LogP contribution in [-0.2, 0) is 6.54 Å². The van der Waals surface area contributed by atoms with Crippen molar-refractivity contribution in [3.8, 4) is 0 Å². The van der Waals surface area contributed by atoms with E-state index < -0.39 is 0 Å². The molecule has 0 aliphatic carbocycles. The highest BCUT2D eigenvalue weighted by Gasteiger charge is 1.99. The molecule has 3 rings (SSSR count). The molecule has 2 heterocycles. The van der Waals surface area contributed by atoms with Crippen molar-refractivity contribution in [2.45, 2.75) is 6.54 Å². The summed E-state index contributed by atoms with van der Waals surface area (Å²) >= 11 is 0. The highest BCUT2D eigenvalue weighted by molar-refractivity contribution is 5.45. The van der Waals surface area contributed by atoms with Gasteiger partial charge >= 0.3 is 0 Å². The Kier molecular flexibility index (Phi) is 2.64. The zero-order valence-corrected chi connectivity index (χ0v) is 9.55. The topological polar surface area (TPSA) is 42.2 Å². The van der Waals surface area contributed by atoms with Gasteiger partial charge in [-0.05, 0) is 23.8 Å². The van der Waals surface area contributed by atoms with Gasteiger partial charge in [0.15, 0.2) is 5.65 Å². The van der Waals surface area contributed by atoms with E-state index in [-0.39, 0.29) is 5.82 Å². The molecule has 0 radical (unpaired) electrons. The Hall–Kier alpha value is -2.43. The standard InChI is InChI=1S/C13H11FN4/c14-11-3-1-10(2-4-11)9-15-12-6-8-18-13(17-12)5-7-16-18/h1-8H,9H2,(H,15,17). The van der Waals surface area contributed by atoms with E-state index in [0.29, 0.717) is 6.54 Å². The third-order valence-electron chi connectivity index (χ3n) is 2.64. The van der Waals surface area contributed by atoms with Crippen LogP contribution in [0.4, 0.5) is 10.2 Å². The Labute approximate surface area is 103 Å². The lowest BCUT2D eigenvalue weighted by Crippen LogP contribution is -2.02. The highest BCUT2D eigenvalue weighted by Crippen LogP contribution is 2.09. The Morgan fingerprint density at radius 3 is 2.78 bits per heavy atom. The summed E-state index contributed by atoms with van der Waals surface area (Å²) in [6.45, 7) is 0.609. The Bertz CT molecular complexity index is 660. The van der Waals surface area contributed by atoms with Gasteiger partial charge in [-0.2, -0.15) is 5.10 Å². The Balaban J connectivity index is 1.74. The summed E-state index contributed by atoms with van der Waals surface area (Å²) in [5, 5.41) is 7.26. The van der Waals surface area contributed by atoms with Gasteiger partial charge < -0.3 is 5.32 Å². The summed E-state index contributed by atoms with van der Waals surface area (Å²) in [6, 6.07) is 10.1. The largest absolute Gasteiger partial charge is 0.366 e. The van der Waals surface area contributed by atoms with Crippen molar-refractivity contribution >= 4 is 11.5 Å². The lowest BCUT2D eigenvalue weighted by Gasteiger charge is -2.05. The minimum atomic E-state index is -0.224. The van der Waals surface area contributed by atoms with E-state index in [2.05, 4.69) is 15.4 Å². The fraction of sp³-hybridized carbons (Fsp3) is 0.0769. The van der Waals surface area contributed by atoms with Crippen molar-refractivity contribution in [1.82, 2.24) is 14.6 Å². The van der Waals surface area contributed by atoms with Crippen molar-refractivity contribution in [3.63, 3.8) is 0 Å². The second-order valence-corrected chi connectivity index (χ2v) is 3.93. The normalized spacial score (nSPS) is 10.7. The summed E-state index contributed by atoms with van der Waals surface area (Å²) in [5.74, 6) is 0.546. The first-order valence-electron chi connectivity index (χ1n) is 5.60. The van der Waals surface area contributed by atoms with E-state index >= 15 is 0 Å². The fourth-order valence-electron chi connectivity index (χ4n) is 1.71. The van der Waals surface area contributed by atoms with E-state index in [1.165, 1.54) is 12.1 Å². The molecule has 90 valence electrons. The summed E-state index contributed by atoms with van der Waals surface area (Å²) in [4.78, 5) is 4.38. The maximum absolute atomic E-state index is 12.7. The fourth-order valence-corrected chi connectivity index (χ4v) is 1.71. The molecule has 0 atom stereocenters. The van der Waals surface area contributed by atoms with Crippen LogP contribution in [0.2, 0.25) is 0 Å². The maximum Gasteiger partial charge on any atom is 0.157 e. The quantitative estimate of drug-likeness (QED) is 0.767. The number of aromatic nitrogens is 3. The van der Waals surface area contributed by atoms with Crippen LogP contribution in [0.5, 0.6) is 0 Å². The summed E-state index contributed by atoms with van der Waals surface area (Å²) in [6.07, 6.45) is 3.54. The summed E-state index contributed by atoms with van der Waals surface area (Å²) < 4.78 is 14.4. The number of hydrogen-bond acceptors (Lipinski definition) is 3. The van der Waals surface area contributed by atoms with Crippen LogP contribution >= 0.6 is 0 Å². The molecular formula is C13H11FN4. The van der Waals surface area contributed by atoms with Gasteiger partial charge in [0, 0.05) is 18.8 Å². The van der Waals surface area contributed by atoms with Gasteiger partial charge in [0.25, 0.3) is 0 Å².